The van der Waals surface area contributed by atoms with Crippen molar-refractivity contribution in [3.05, 3.63) is 131 Å². The smallest absolute Gasteiger partial charge is 0.123 e. The van der Waals surface area contributed by atoms with Crippen LogP contribution in [0.2, 0.25) is 0 Å². The first-order chi connectivity index (χ1) is 17.6. The average Bonchev–Trinajstić information content (AvgIpc) is 2.91. The maximum absolute atomic E-state index is 12.9. The first-order valence-corrected chi connectivity index (χ1v) is 12.0. The van der Waals surface area contributed by atoms with Crippen LogP contribution in [0.3, 0.4) is 0 Å². The van der Waals surface area contributed by atoms with Crippen LogP contribution in [0, 0.1) is 11.6 Å². The summed E-state index contributed by atoms with van der Waals surface area (Å²) >= 11 is 0. The summed E-state index contributed by atoms with van der Waals surface area (Å²) in [6, 6.07) is 28.6. The van der Waals surface area contributed by atoms with Gasteiger partial charge in [-0.15, -0.1) is 0 Å². The van der Waals surface area contributed by atoms with Crippen molar-refractivity contribution in [2.24, 2.45) is 0 Å². The van der Waals surface area contributed by atoms with E-state index in [0.29, 0.717) is 24.7 Å². The molecule has 0 spiro atoms. The Hall–Kier alpha value is -3.73. The number of hydrogen-bond donors (Lipinski definition) is 0. The van der Waals surface area contributed by atoms with E-state index in [-0.39, 0.29) is 18.3 Å². The molecule has 0 bridgehead atoms. The molecule has 0 radical (unpaired) electrons. The van der Waals surface area contributed by atoms with Gasteiger partial charge in [-0.3, -0.25) is 4.39 Å². The van der Waals surface area contributed by atoms with Gasteiger partial charge >= 0.3 is 0 Å². The van der Waals surface area contributed by atoms with Crippen LogP contribution in [0.5, 0.6) is 11.5 Å². The van der Waals surface area contributed by atoms with Crippen LogP contribution in [-0.2, 0) is 19.6 Å². The van der Waals surface area contributed by atoms with Crippen molar-refractivity contribution in [3.63, 3.8) is 0 Å². The van der Waals surface area contributed by atoms with Gasteiger partial charge in [-0.05, 0) is 83.6 Å². The summed E-state index contributed by atoms with van der Waals surface area (Å²) < 4.78 is 48.2. The van der Waals surface area contributed by atoms with Crippen molar-refractivity contribution >= 4 is 0 Å². The maximum Gasteiger partial charge on any atom is 0.123 e. The molecule has 0 heterocycles. The molecular formula is C31H31F3O2. The molecule has 4 rings (SSSR count). The van der Waals surface area contributed by atoms with Crippen LogP contribution in [0.1, 0.15) is 42.0 Å². The fourth-order valence-electron chi connectivity index (χ4n) is 3.27. The molecule has 0 amide bonds. The van der Waals surface area contributed by atoms with Gasteiger partial charge in [0.1, 0.15) is 36.3 Å². The number of rotatable bonds is 10. The average molecular weight is 493 g/mol. The lowest BCUT2D eigenvalue weighted by molar-refractivity contribution is 0.305. The summed E-state index contributed by atoms with van der Waals surface area (Å²) in [7, 11) is 0. The van der Waals surface area contributed by atoms with Crippen molar-refractivity contribution < 1.29 is 22.6 Å². The number of benzene rings is 4. The maximum atomic E-state index is 12.9. The summed E-state index contributed by atoms with van der Waals surface area (Å²) in [6.45, 7) is 2.69. The van der Waals surface area contributed by atoms with Crippen molar-refractivity contribution in [1.82, 2.24) is 0 Å². The Kier molecular flexibility index (Phi) is 10.9. The highest BCUT2D eigenvalue weighted by Gasteiger charge is 2.02. The lowest BCUT2D eigenvalue weighted by Crippen LogP contribution is -1.97. The zero-order valence-corrected chi connectivity index (χ0v) is 20.4. The van der Waals surface area contributed by atoms with E-state index in [1.54, 1.807) is 24.3 Å². The van der Waals surface area contributed by atoms with Crippen molar-refractivity contribution in [2.45, 2.75) is 39.4 Å². The van der Waals surface area contributed by atoms with E-state index >= 15 is 0 Å². The summed E-state index contributed by atoms with van der Waals surface area (Å²) in [6.07, 6.45) is 2.52. The van der Waals surface area contributed by atoms with Crippen LogP contribution in [0.4, 0.5) is 13.2 Å². The normalized spacial score (nSPS) is 10.3. The van der Waals surface area contributed by atoms with Gasteiger partial charge in [0.05, 0.1) is 6.67 Å². The number of alkyl halides is 1. The third kappa shape index (κ3) is 9.49. The highest BCUT2D eigenvalue weighted by Crippen LogP contribution is 2.17. The lowest BCUT2D eigenvalue weighted by atomic mass is 10.0. The molecule has 4 aromatic carbocycles. The minimum Gasteiger partial charge on any atom is -0.489 e. The Bertz CT molecular complexity index is 1050. The molecule has 0 aromatic heterocycles. The van der Waals surface area contributed by atoms with Gasteiger partial charge < -0.3 is 9.47 Å². The highest BCUT2D eigenvalue weighted by molar-refractivity contribution is 5.31. The van der Waals surface area contributed by atoms with E-state index in [1.807, 2.05) is 31.2 Å². The Morgan fingerprint density at radius 3 is 1.19 bits per heavy atom. The van der Waals surface area contributed by atoms with Crippen molar-refractivity contribution in [1.29, 1.82) is 0 Å². The molecule has 0 atom stereocenters. The third-order valence-electron chi connectivity index (χ3n) is 5.38. The van der Waals surface area contributed by atoms with E-state index in [9.17, 15) is 13.2 Å². The standard InChI is InChI=1S/C27H22F2O2.C4H9F/c28-24-9-13-26(14-10-24)30-18-22-5-1-20(2-6-22)17-21-3-7-23(8-4-21)19-31-27-15-11-25(29)12-16-27;1-2-3-4-5/h1-16H,17-19H2;2-4H2,1H3. The van der Waals surface area contributed by atoms with Gasteiger partial charge in [-0.1, -0.05) is 61.9 Å². The van der Waals surface area contributed by atoms with Crippen molar-refractivity contribution in [3.8, 4) is 11.5 Å². The largest absolute Gasteiger partial charge is 0.489 e. The SMILES string of the molecule is CCCCF.Fc1ccc(OCc2ccc(Cc3ccc(COc4ccc(F)cc4)cc3)cc2)cc1. The van der Waals surface area contributed by atoms with E-state index in [4.69, 9.17) is 9.47 Å². The summed E-state index contributed by atoms with van der Waals surface area (Å²) in [5.41, 5.74) is 4.53. The van der Waals surface area contributed by atoms with Gasteiger partial charge in [-0.25, -0.2) is 8.78 Å². The number of halogens is 3. The fourth-order valence-corrected chi connectivity index (χ4v) is 3.27. The van der Waals surface area contributed by atoms with Gasteiger partial charge in [-0.2, -0.15) is 0 Å². The Balaban J connectivity index is 0.000000658. The second kappa shape index (κ2) is 14.6. The number of hydrogen-bond acceptors (Lipinski definition) is 2. The molecule has 0 fully saturated rings. The van der Waals surface area contributed by atoms with Gasteiger partial charge in [0.2, 0.25) is 0 Å². The fraction of sp³-hybridized carbons (Fsp3) is 0.226. The quantitative estimate of drug-likeness (QED) is 0.221. The minimum atomic E-state index is -0.273. The Morgan fingerprint density at radius 2 is 0.889 bits per heavy atom. The predicted octanol–water partition coefficient (Wildman–Crippen LogP) is 8.47. The molecule has 36 heavy (non-hydrogen) atoms. The van der Waals surface area contributed by atoms with Crippen LogP contribution in [-0.4, -0.2) is 6.67 Å². The summed E-state index contributed by atoms with van der Waals surface area (Å²) in [5, 5.41) is 0. The first kappa shape index (κ1) is 26.9. The zero-order chi connectivity index (χ0) is 25.6. The second-order valence-corrected chi connectivity index (χ2v) is 8.34. The predicted molar refractivity (Wildman–Crippen MR) is 138 cm³/mol. The number of ether oxygens (including phenoxy) is 2. The zero-order valence-electron chi connectivity index (χ0n) is 20.4. The van der Waals surface area contributed by atoms with Gasteiger partial charge in [0, 0.05) is 0 Å². The molecule has 4 aromatic rings. The van der Waals surface area contributed by atoms with Gasteiger partial charge in [0.25, 0.3) is 0 Å². The Labute approximate surface area is 211 Å². The minimum absolute atomic E-state index is 0.156. The van der Waals surface area contributed by atoms with E-state index < -0.39 is 0 Å². The summed E-state index contributed by atoms with van der Waals surface area (Å²) in [5.74, 6) is 0.748. The third-order valence-corrected chi connectivity index (χ3v) is 5.38. The van der Waals surface area contributed by atoms with Gasteiger partial charge in [0.15, 0.2) is 0 Å². The van der Waals surface area contributed by atoms with Crippen LogP contribution < -0.4 is 9.47 Å². The molecule has 188 valence electrons. The molecule has 2 nitrogen and oxygen atoms in total. The molecule has 5 heteroatoms. The molecule has 0 saturated heterocycles. The van der Waals surface area contributed by atoms with E-state index in [2.05, 4.69) is 24.3 Å². The van der Waals surface area contributed by atoms with E-state index in [0.717, 1.165) is 30.4 Å². The molecule has 0 unspecified atom stereocenters. The molecule has 0 aliphatic carbocycles. The molecule has 0 aliphatic rings. The van der Waals surface area contributed by atoms with Crippen molar-refractivity contribution in [2.75, 3.05) is 6.67 Å². The topological polar surface area (TPSA) is 18.5 Å². The van der Waals surface area contributed by atoms with E-state index in [1.165, 1.54) is 35.4 Å². The molecule has 0 aliphatic heterocycles. The van der Waals surface area contributed by atoms with Crippen LogP contribution in [0.15, 0.2) is 97.1 Å². The summed E-state index contributed by atoms with van der Waals surface area (Å²) in [4.78, 5) is 0. The Morgan fingerprint density at radius 1 is 0.528 bits per heavy atom. The second-order valence-electron chi connectivity index (χ2n) is 8.34. The molecule has 0 saturated carbocycles. The highest BCUT2D eigenvalue weighted by atomic mass is 19.1. The monoisotopic (exact) mass is 492 g/mol. The first-order valence-electron chi connectivity index (χ1n) is 12.0. The number of unbranched alkanes of at least 4 members (excludes halogenated alkanes) is 1. The molecule has 0 N–H and O–H groups in total. The lowest BCUT2D eigenvalue weighted by Gasteiger charge is -2.09. The van der Waals surface area contributed by atoms with Crippen LogP contribution in [0.25, 0.3) is 0 Å². The molecular weight excluding hydrogens is 461 g/mol. The van der Waals surface area contributed by atoms with Crippen LogP contribution >= 0.6 is 0 Å².